The first-order chi connectivity index (χ1) is 7.92. The highest BCUT2D eigenvalue weighted by molar-refractivity contribution is 7.12. The Hall–Kier alpha value is -1.28. The van der Waals surface area contributed by atoms with E-state index in [0.29, 0.717) is 0 Å². The molecule has 82 valence electrons. The van der Waals surface area contributed by atoms with Crippen molar-refractivity contribution in [2.75, 3.05) is 5.32 Å². The first-order valence-corrected chi connectivity index (χ1v) is 6.63. The van der Waals surface area contributed by atoms with E-state index in [0.717, 1.165) is 6.54 Å². The van der Waals surface area contributed by atoms with Crippen molar-refractivity contribution in [1.82, 2.24) is 0 Å². The van der Waals surface area contributed by atoms with Crippen LogP contribution in [0.25, 0.3) is 0 Å². The van der Waals surface area contributed by atoms with Gasteiger partial charge in [0.1, 0.15) is 0 Å². The third kappa shape index (κ3) is 1.98. The van der Waals surface area contributed by atoms with Crippen molar-refractivity contribution in [3.8, 4) is 0 Å². The summed E-state index contributed by atoms with van der Waals surface area (Å²) in [5.74, 6) is 0. The molecule has 0 spiro atoms. The van der Waals surface area contributed by atoms with Gasteiger partial charge in [-0.05, 0) is 43.0 Å². The second-order valence-electron chi connectivity index (χ2n) is 4.23. The Morgan fingerprint density at radius 3 is 2.81 bits per heavy atom. The summed E-state index contributed by atoms with van der Waals surface area (Å²) in [6.45, 7) is 0.960. The van der Waals surface area contributed by atoms with Gasteiger partial charge in [-0.2, -0.15) is 0 Å². The van der Waals surface area contributed by atoms with E-state index in [1.807, 2.05) is 17.4 Å². The zero-order chi connectivity index (χ0) is 10.8. The number of fused-ring (bicyclic) bond motifs is 1. The molecule has 0 saturated heterocycles. The van der Waals surface area contributed by atoms with E-state index in [1.165, 1.54) is 29.8 Å². The fourth-order valence-electron chi connectivity index (χ4n) is 2.22. The van der Waals surface area contributed by atoms with Gasteiger partial charge in [0.2, 0.25) is 0 Å². The number of hydrogen-bond acceptors (Lipinski definition) is 2. The van der Waals surface area contributed by atoms with E-state index < -0.39 is 0 Å². The molecule has 0 amide bonds. The van der Waals surface area contributed by atoms with Crippen LogP contribution < -0.4 is 5.32 Å². The highest BCUT2D eigenvalue weighted by Crippen LogP contribution is 2.30. The molecule has 1 aromatic heterocycles. The Bertz CT molecular complexity index is 451. The second-order valence-corrected chi connectivity index (χ2v) is 5.46. The van der Waals surface area contributed by atoms with Gasteiger partial charge < -0.3 is 5.32 Å². The molecule has 2 aromatic rings. The third-order valence-corrected chi connectivity index (χ3v) is 4.28. The summed E-state index contributed by atoms with van der Waals surface area (Å²) in [5.41, 5.74) is 2.80. The predicted molar refractivity (Wildman–Crippen MR) is 70.1 cm³/mol. The second kappa shape index (κ2) is 4.30. The maximum Gasteiger partial charge on any atom is 0.0494 e. The molecule has 1 heterocycles. The van der Waals surface area contributed by atoms with E-state index in [1.54, 1.807) is 10.4 Å². The molecule has 1 nitrogen and oxygen atoms in total. The molecule has 0 atom stereocenters. The van der Waals surface area contributed by atoms with Gasteiger partial charge in [0.25, 0.3) is 0 Å². The highest BCUT2D eigenvalue weighted by atomic mass is 32.1. The molecule has 0 fully saturated rings. The van der Waals surface area contributed by atoms with Gasteiger partial charge in [-0.15, -0.1) is 11.3 Å². The Balaban J connectivity index is 1.67. The first-order valence-electron chi connectivity index (χ1n) is 5.81. The van der Waals surface area contributed by atoms with Crippen LogP contribution in [0.2, 0.25) is 0 Å². The van der Waals surface area contributed by atoms with Crippen molar-refractivity contribution >= 4 is 17.0 Å². The fourth-order valence-corrected chi connectivity index (χ4v) is 3.42. The molecule has 0 aliphatic heterocycles. The fraction of sp³-hybridized carbons (Fsp3) is 0.286. The Labute approximate surface area is 100 Å². The molecule has 2 heteroatoms. The van der Waals surface area contributed by atoms with Crippen LogP contribution in [0.4, 0.5) is 5.69 Å². The number of hydrogen-bond donors (Lipinski definition) is 1. The lowest BCUT2D eigenvalue weighted by Crippen LogP contribution is -1.96. The predicted octanol–water partition coefficient (Wildman–Crippen LogP) is 3.85. The summed E-state index contributed by atoms with van der Waals surface area (Å²) < 4.78 is 0. The molecule has 16 heavy (non-hydrogen) atoms. The van der Waals surface area contributed by atoms with E-state index in [2.05, 4.69) is 35.6 Å². The van der Waals surface area contributed by atoms with Gasteiger partial charge in [-0.3, -0.25) is 0 Å². The zero-order valence-corrected chi connectivity index (χ0v) is 10.0. The zero-order valence-electron chi connectivity index (χ0n) is 9.20. The molecular weight excluding hydrogens is 214 g/mol. The van der Waals surface area contributed by atoms with E-state index >= 15 is 0 Å². The summed E-state index contributed by atoms with van der Waals surface area (Å²) in [6.07, 6.45) is 3.94. The van der Waals surface area contributed by atoms with Crippen LogP contribution in [-0.2, 0) is 19.4 Å². The average Bonchev–Trinajstić information content (AvgIpc) is 2.88. The van der Waals surface area contributed by atoms with Gasteiger partial charge in [0, 0.05) is 22.0 Å². The Morgan fingerprint density at radius 2 is 2.00 bits per heavy atom. The van der Waals surface area contributed by atoms with Gasteiger partial charge >= 0.3 is 0 Å². The molecule has 1 aliphatic carbocycles. The minimum absolute atomic E-state index is 0.960. The largest absolute Gasteiger partial charge is 0.380 e. The minimum Gasteiger partial charge on any atom is -0.380 e. The number of para-hydroxylation sites is 1. The third-order valence-electron chi connectivity index (χ3n) is 3.04. The maximum absolute atomic E-state index is 3.46. The summed E-state index contributed by atoms with van der Waals surface area (Å²) in [5, 5.41) is 3.46. The monoisotopic (exact) mass is 229 g/mol. The van der Waals surface area contributed by atoms with E-state index in [4.69, 9.17) is 0 Å². The van der Waals surface area contributed by atoms with Crippen LogP contribution in [0.15, 0.2) is 36.4 Å². The number of benzene rings is 1. The lowest BCUT2D eigenvalue weighted by Gasteiger charge is -2.03. The van der Waals surface area contributed by atoms with Gasteiger partial charge in [0.05, 0.1) is 0 Å². The van der Waals surface area contributed by atoms with Crippen LogP contribution in [0.5, 0.6) is 0 Å². The quantitative estimate of drug-likeness (QED) is 0.843. The molecule has 3 rings (SSSR count). The van der Waals surface area contributed by atoms with Crippen LogP contribution in [0.3, 0.4) is 0 Å². The van der Waals surface area contributed by atoms with Crippen LogP contribution in [0.1, 0.15) is 21.7 Å². The Kier molecular flexibility index (Phi) is 2.66. The molecule has 0 unspecified atom stereocenters. The normalized spacial score (nSPS) is 13.8. The van der Waals surface area contributed by atoms with Crippen LogP contribution in [0, 0.1) is 0 Å². The Morgan fingerprint density at radius 1 is 1.12 bits per heavy atom. The van der Waals surface area contributed by atoms with Crippen molar-refractivity contribution < 1.29 is 0 Å². The van der Waals surface area contributed by atoms with Gasteiger partial charge in [0.15, 0.2) is 0 Å². The van der Waals surface area contributed by atoms with Gasteiger partial charge in [-0.1, -0.05) is 18.2 Å². The number of aryl methyl sites for hydroxylation is 2. The van der Waals surface area contributed by atoms with Crippen molar-refractivity contribution in [2.45, 2.75) is 25.8 Å². The standard InChI is InChI=1S/C14H15NS/c1-2-6-12(7-3-1)15-10-13-9-11-5-4-8-14(11)16-13/h1-3,6-7,9,15H,4-5,8,10H2. The van der Waals surface area contributed by atoms with Crippen LogP contribution in [-0.4, -0.2) is 0 Å². The molecule has 0 saturated carbocycles. The topological polar surface area (TPSA) is 12.0 Å². The number of rotatable bonds is 3. The van der Waals surface area contributed by atoms with E-state index in [9.17, 15) is 0 Å². The lowest BCUT2D eigenvalue weighted by atomic mass is 10.2. The average molecular weight is 229 g/mol. The molecule has 0 bridgehead atoms. The van der Waals surface area contributed by atoms with E-state index in [-0.39, 0.29) is 0 Å². The van der Waals surface area contributed by atoms with Crippen molar-refractivity contribution in [3.05, 3.63) is 51.7 Å². The van der Waals surface area contributed by atoms with Crippen molar-refractivity contribution in [1.29, 1.82) is 0 Å². The summed E-state index contributed by atoms with van der Waals surface area (Å²) >= 11 is 1.98. The number of nitrogens with one attached hydrogen (secondary N) is 1. The summed E-state index contributed by atoms with van der Waals surface area (Å²) in [4.78, 5) is 3.08. The molecular formula is C14H15NS. The van der Waals surface area contributed by atoms with Crippen LogP contribution >= 0.6 is 11.3 Å². The molecule has 1 N–H and O–H groups in total. The van der Waals surface area contributed by atoms with Crippen molar-refractivity contribution in [2.24, 2.45) is 0 Å². The number of thiophene rings is 1. The first kappa shape index (κ1) is 9.91. The maximum atomic E-state index is 3.46. The summed E-state index contributed by atoms with van der Waals surface area (Å²) in [7, 11) is 0. The lowest BCUT2D eigenvalue weighted by molar-refractivity contribution is 0.913. The smallest absolute Gasteiger partial charge is 0.0494 e. The minimum atomic E-state index is 0.960. The van der Waals surface area contributed by atoms with Gasteiger partial charge in [-0.25, -0.2) is 0 Å². The number of anilines is 1. The molecule has 0 radical (unpaired) electrons. The molecule has 1 aromatic carbocycles. The highest BCUT2D eigenvalue weighted by Gasteiger charge is 2.14. The summed E-state index contributed by atoms with van der Waals surface area (Å²) in [6, 6.07) is 12.8. The SMILES string of the molecule is c1ccc(NCc2cc3c(s2)CCC3)cc1. The van der Waals surface area contributed by atoms with Crippen molar-refractivity contribution in [3.63, 3.8) is 0 Å². The molecule has 1 aliphatic rings.